The lowest BCUT2D eigenvalue weighted by atomic mass is 10.1. The normalized spacial score (nSPS) is 15.8. The Hall–Kier alpha value is -3.36. The molecule has 0 saturated carbocycles. The van der Waals surface area contributed by atoms with Crippen molar-refractivity contribution in [3.8, 4) is 11.1 Å². The molecule has 0 radical (unpaired) electrons. The first-order valence-corrected chi connectivity index (χ1v) is 12.8. The lowest BCUT2D eigenvalue weighted by molar-refractivity contribution is 0.0600. The van der Waals surface area contributed by atoms with Crippen LogP contribution in [0.5, 0.6) is 0 Å². The number of benzene rings is 2. The van der Waals surface area contributed by atoms with Gasteiger partial charge in [-0.2, -0.15) is 0 Å². The Kier molecular flexibility index (Phi) is 7.01. The largest absolute Gasteiger partial charge is 0.465 e. The first-order valence-electron chi connectivity index (χ1n) is 11.9. The zero-order valence-corrected chi connectivity index (χ0v) is 20.6. The molecule has 2 saturated heterocycles. The van der Waals surface area contributed by atoms with Gasteiger partial charge in [-0.15, -0.1) is 11.3 Å². The molecule has 0 bridgehead atoms. The highest BCUT2D eigenvalue weighted by Gasteiger charge is 2.24. The molecule has 0 spiro atoms. The zero-order valence-electron chi connectivity index (χ0n) is 19.8. The van der Waals surface area contributed by atoms with E-state index in [1.54, 1.807) is 12.1 Å². The summed E-state index contributed by atoms with van der Waals surface area (Å²) in [5.41, 5.74) is 4.09. The Balaban J connectivity index is 1.49. The molecule has 2 fully saturated rings. The standard InChI is InChI=1S/C27H29N3O4S/c1-33-27(32)20-9-10-23(29-11-5-6-12-29)22(17-20)28-25(31)24-18-21(19-7-3-2-4-8-19)26(35-24)30-13-15-34-16-14-30/h2-4,7-10,17-18H,5-6,11-16H2,1H3,(H,28,31). The number of hydrogen-bond donors (Lipinski definition) is 1. The Morgan fingerprint density at radius 1 is 0.943 bits per heavy atom. The molecule has 5 rings (SSSR count). The second-order valence-corrected chi connectivity index (χ2v) is 9.70. The van der Waals surface area contributed by atoms with Crippen LogP contribution in [0.15, 0.2) is 54.6 Å². The van der Waals surface area contributed by atoms with Crippen molar-refractivity contribution in [2.24, 2.45) is 0 Å². The molecule has 2 aliphatic rings. The van der Waals surface area contributed by atoms with E-state index >= 15 is 0 Å². The van der Waals surface area contributed by atoms with E-state index in [-0.39, 0.29) is 5.91 Å². The van der Waals surface area contributed by atoms with Crippen LogP contribution in [0.1, 0.15) is 32.9 Å². The molecule has 0 aliphatic carbocycles. The maximum atomic E-state index is 13.5. The van der Waals surface area contributed by atoms with E-state index in [9.17, 15) is 9.59 Å². The quantitative estimate of drug-likeness (QED) is 0.495. The van der Waals surface area contributed by atoms with E-state index in [0.717, 1.165) is 60.8 Å². The first-order chi connectivity index (χ1) is 17.1. The highest BCUT2D eigenvalue weighted by atomic mass is 32.1. The lowest BCUT2D eigenvalue weighted by Gasteiger charge is -2.28. The van der Waals surface area contributed by atoms with Gasteiger partial charge in [0, 0.05) is 31.7 Å². The van der Waals surface area contributed by atoms with Crippen LogP contribution in [0, 0.1) is 0 Å². The van der Waals surface area contributed by atoms with Crippen molar-refractivity contribution in [3.05, 3.63) is 65.0 Å². The van der Waals surface area contributed by atoms with Crippen molar-refractivity contribution in [2.75, 3.05) is 61.6 Å². The SMILES string of the molecule is COC(=O)c1ccc(N2CCCC2)c(NC(=O)c2cc(-c3ccccc3)c(N3CCOCC3)s2)c1. The van der Waals surface area contributed by atoms with Crippen molar-refractivity contribution >= 4 is 39.6 Å². The number of nitrogens with one attached hydrogen (secondary N) is 1. The average Bonchev–Trinajstić information content (AvgIpc) is 3.60. The van der Waals surface area contributed by atoms with Crippen molar-refractivity contribution < 1.29 is 19.1 Å². The van der Waals surface area contributed by atoms with Crippen molar-refractivity contribution in [3.63, 3.8) is 0 Å². The fourth-order valence-corrected chi connectivity index (χ4v) is 5.75. The minimum absolute atomic E-state index is 0.186. The van der Waals surface area contributed by atoms with Crippen LogP contribution >= 0.6 is 11.3 Å². The predicted molar refractivity (Wildman–Crippen MR) is 140 cm³/mol. The maximum Gasteiger partial charge on any atom is 0.337 e. The van der Waals surface area contributed by atoms with E-state index in [2.05, 4.69) is 27.2 Å². The number of carbonyl (C=O) groups is 2. The molecule has 1 aromatic heterocycles. The fraction of sp³-hybridized carbons (Fsp3) is 0.333. The highest BCUT2D eigenvalue weighted by molar-refractivity contribution is 7.18. The molecule has 182 valence electrons. The van der Waals surface area contributed by atoms with Gasteiger partial charge in [0.2, 0.25) is 0 Å². The molecule has 2 aliphatic heterocycles. The van der Waals surface area contributed by atoms with Crippen LogP contribution in [0.4, 0.5) is 16.4 Å². The Morgan fingerprint density at radius 3 is 2.40 bits per heavy atom. The third-order valence-electron chi connectivity index (χ3n) is 6.43. The lowest BCUT2D eigenvalue weighted by Crippen LogP contribution is -2.35. The summed E-state index contributed by atoms with van der Waals surface area (Å²) in [4.78, 5) is 30.9. The van der Waals surface area contributed by atoms with Gasteiger partial charge in [0.25, 0.3) is 5.91 Å². The molecule has 1 amide bonds. The topological polar surface area (TPSA) is 71.1 Å². The summed E-state index contributed by atoms with van der Waals surface area (Å²) in [6.07, 6.45) is 2.22. The summed E-state index contributed by atoms with van der Waals surface area (Å²) < 4.78 is 10.4. The van der Waals surface area contributed by atoms with E-state index in [1.807, 2.05) is 30.3 Å². The summed E-state index contributed by atoms with van der Waals surface area (Å²) in [7, 11) is 1.36. The minimum atomic E-state index is -0.425. The Bertz CT molecular complexity index is 1200. The fourth-order valence-electron chi connectivity index (χ4n) is 4.62. The number of amides is 1. The van der Waals surface area contributed by atoms with Gasteiger partial charge in [-0.3, -0.25) is 4.79 Å². The van der Waals surface area contributed by atoms with Crippen LogP contribution in [0.25, 0.3) is 11.1 Å². The molecule has 3 heterocycles. The predicted octanol–water partition coefficient (Wildman–Crippen LogP) is 4.89. The van der Waals surface area contributed by atoms with Gasteiger partial charge < -0.3 is 24.6 Å². The number of esters is 1. The molecule has 7 nitrogen and oxygen atoms in total. The smallest absolute Gasteiger partial charge is 0.337 e. The van der Waals surface area contributed by atoms with Crippen molar-refractivity contribution in [1.29, 1.82) is 0 Å². The van der Waals surface area contributed by atoms with Gasteiger partial charge >= 0.3 is 5.97 Å². The second-order valence-electron chi connectivity index (χ2n) is 8.67. The number of thiophene rings is 1. The summed E-state index contributed by atoms with van der Waals surface area (Å²) in [6.45, 7) is 4.79. The number of rotatable bonds is 6. The Morgan fingerprint density at radius 2 is 1.69 bits per heavy atom. The highest BCUT2D eigenvalue weighted by Crippen LogP contribution is 2.40. The van der Waals surface area contributed by atoms with E-state index in [4.69, 9.17) is 9.47 Å². The van der Waals surface area contributed by atoms with E-state index in [1.165, 1.54) is 18.4 Å². The number of methoxy groups -OCH3 is 1. The van der Waals surface area contributed by atoms with Crippen LogP contribution in [-0.4, -0.2) is 58.4 Å². The van der Waals surface area contributed by atoms with Crippen molar-refractivity contribution in [1.82, 2.24) is 0 Å². The molecule has 1 N–H and O–H groups in total. The zero-order chi connectivity index (χ0) is 24.2. The average molecular weight is 492 g/mol. The minimum Gasteiger partial charge on any atom is -0.465 e. The molecule has 8 heteroatoms. The molecule has 2 aromatic carbocycles. The van der Waals surface area contributed by atoms with Crippen LogP contribution in [-0.2, 0) is 9.47 Å². The monoisotopic (exact) mass is 491 g/mol. The van der Waals surface area contributed by atoms with Gasteiger partial charge in [0.05, 0.1) is 47.1 Å². The van der Waals surface area contributed by atoms with Crippen LogP contribution in [0.3, 0.4) is 0 Å². The van der Waals surface area contributed by atoms with E-state index < -0.39 is 5.97 Å². The summed E-state index contributed by atoms with van der Waals surface area (Å²) in [5, 5.41) is 4.17. The third-order valence-corrected chi connectivity index (χ3v) is 7.63. The van der Waals surface area contributed by atoms with Gasteiger partial charge in [-0.1, -0.05) is 30.3 Å². The summed E-state index contributed by atoms with van der Waals surface area (Å²) in [5.74, 6) is -0.611. The molecule has 0 atom stereocenters. The third kappa shape index (κ3) is 5.04. The number of ether oxygens (including phenoxy) is 2. The number of hydrogen-bond acceptors (Lipinski definition) is 7. The second kappa shape index (κ2) is 10.5. The van der Waals surface area contributed by atoms with Gasteiger partial charge in [0.15, 0.2) is 0 Å². The maximum absolute atomic E-state index is 13.5. The van der Waals surface area contributed by atoms with Crippen molar-refractivity contribution in [2.45, 2.75) is 12.8 Å². The number of morpholine rings is 1. The number of anilines is 3. The molecule has 3 aromatic rings. The Labute approximate surface area is 209 Å². The van der Waals surface area contributed by atoms with Crippen LogP contribution in [0.2, 0.25) is 0 Å². The first kappa shape index (κ1) is 23.4. The summed E-state index contributed by atoms with van der Waals surface area (Å²) >= 11 is 1.49. The van der Waals surface area contributed by atoms with Gasteiger partial charge in [-0.25, -0.2) is 4.79 Å². The molecular weight excluding hydrogens is 462 g/mol. The van der Waals surface area contributed by atoms with Gasteiger partial charge in [-0.05, 0) is 42.7 Å². The molecule has 35 heavy (non-hydrogen) atoms. The molecular formula is C27H29N3O4S. The molecule has 0 unspecified atom stereocenters. The van der Waals surface area contributed by atoms with Crippen LogP contribution < -0.4 is 15.1 Å². The number of nitrogens with zero attached hydrogens (tertiary/aromatic N) is 2. The van der Waals surface area contributed by atoms with Gasteiger partial charge in [0.1, 0.15) is 0 Å². The summed E-state index contributed by atoms with van der Waals surface area (Å²) in [6, 6.07) is 17.5. The number of carbonyl (C=O) groups excluding carboxylic acids is 2. The van der Waals surface area contributed by atoms with E-state index in [0.29, 0.717) is 29.3 Å².